The van der Waals surface area contributed by atoms with E-state index in [0.29, 0.717) is 19.0 Å². The average molecular weight is 588 g/mol. The molecule has 2 N–H and O–H groups in total. The summed E-state index contributed by atoms with van der Waals surface area (Å²) in [5, 5.41) is 6.20. The fraction of sp³-hybridized carbons (Fsp3) is 0.581. The predicted molar refractivity (Wildman–Crippen MR) is 167 cm³/mol. The van der Waals surface area contributed by atoms with E-state index in [9.17, 15) is 18.8 Å². The highest BCUT2D eigenvalue weighted by Crippen LogP contribution is 2.28. The number of aromatic nitrogens is 1. The van der Waals surface area contributed by atoms with Crippen LogP contribution in [0.1, 0.15) is 83.0 Å². The Hall–Kier alpha value is -2.85. The fourth-order valence-corrected chi connectivity index (χ4v) is 5.97. The number of carbonyl (C=O) groups is 3. The minimum Gasteiger partial charge on any atom is -0.353 e. The van der Waals surface area contributed by atoms with E-state index in [-0.39, 0.29) is 35.0 Å². The minimum absolute atomic E-state index is 0.0322. The quantitative estimate of drug-likeness (QED) is 0.277. The lowest BCUT2D eigenvalue weighted by Gasteiger charge is -2.33. The number of pyridine rings is 1. The van der Waals surface area contributed by atoms with Crippen molar-refractivity contribution in [2.24, 2.45) is 10.9 Å². The third-order valence-electron chi connectivity index (χ3n) is 7.12. The maximum atomic E-state index is 13.3. The van der Waals surface area contributed by atoms with Crippen LogP contribution in [0, 0.1) is 11.7 Å². The van der Waals surface area contributed by atoms with Gasteiger partial charge in [-0.3, -0.25) is 24.3 Å². The molecule has 3 rings (SSSR count). The van der Waals surface area contributed by atoms with Crippen molar-refractivity contribution in [1.29, 1.82) is 0 Å². The molecule has 1 saturated carbocycles. The predicted octanol–water partition coefficient (Wildman–Crippen LogP) is 5.49. The molecule has 2 aliphatic rings. The van der Waals surface area contributed by atoms with Crippen LogP contribution in [0.25, 0.3) is 0 Å². The number of allylic oxidation sites excluding steroid dienone is 2. The number of nitrogens with zero attached hydrogens (tertiary/aromatic N) is 3. The van der Waals surface area contributed by atoms with Crippen molar-refractivity contribution in [2.45, 2.75) is 84.7 Å². The molecular formula is C31H46FN5O3S. The Balaban J connectivity index is 0.000000287. The summed E-state index contributed by atoms with van der Waals surface area (Å²) in [6, 6.07) is 1.55. The summed E-state index contributed by atoms with van der Waals surface area (Å²) < 4.78 is 13.3. The van der Waals surface area contributed by atoms with Crippen LogP contribution in [0.4, 0.5) is 10.2 Å². The summed E-state index contributed by atoms with van der Waals surface area (Å²) in [7, 11) is 1.88. The Morgan fingerprint density at radius 1 is 1.15 bits per heavy atom. The zero-order chi connectivity index (χ0) is 30.2. The lowest BCUT2D eigenvalue weighted by molar-refractivity contribution is -0.121. The number of Topliss-reactive ketones (excluding diaryl/α,β-unsaturated/α-hetero) is 1. The number of anilines is 1. The summed E-state index contributed by atoms with van der Waals surface area (Å²) in [5.41, 5.74) is 1.06. The highest BCUT2D eigenvalue weighted by molar-refractivity contribution is 7.99. The Labute approximate surface area is 248 Å². The topological polar surface area (TPSA) is 104 Å². The van der Waals surface area contributed by atoms with E-state index in [2.05, 4.69) is 27.5 Å². The molecule has 0 radical (unpaired) electrons. The number of ketones is 1. The summed E-state index contributed by atoms with van der Waals surface area (Å²) >= 11 is 1.85. The van der Waals surface area contributed by atoms with Gasteiger partial charge in [-0.1, -0.05) is 19.1 Å². The molecule has 8 nitrogen and oxygen atoms in total. The molecule has 1 aromatic heterocycles. The van der Waals surface area contributed by atoms with Gasteiger partial charge in [0.25, 0.3) is 0 Å². The molecule has 1 aliphatic carbocycles. The third kappa shape index (κ3) is 12.3. The van der Waals surface area contributed by atoms with Gasteiger partial charge in [0.15, 0.2) is 5.78 Å². The van der Waals surface area contributed by atoms with E-state index in [1.165, 1.54) is 26.7 Å². The lowest BCUT2D eigenvalue weighted by atomic mass is 9.87. The first-order valence-corrected chi connectivity index (χ1v) is 15.6. The molecule has 1 saturated heterocycles. The molecule has 2 fully saturated rings. The molecule has 0 bridgehead atoms. The standard InChI is InChI=1S/C17H29N3O.C14H17FN2O2S/c1-4-5-12-19-16(13-18-3)10-11-17(21)20-15-8-6-14(2)7-9-15;1-9(18)13-7-11(15)8-16-14(13)17(10(2)19)12-3-5-20-6-4-12/h4-5,10,12,14-15,18H,6-9,11,13H2,1-3H3,(H,20,21);7-8,12H,3-6H2,1-2H3/b5-4-,16-10+,19-12-;. The number of likely N-dealkylation sites (N-methyl/N-ethyl adjacent to an activating group) is 1. The number of carbonyl (C=O) groups excluding carboxylic acids is 3. The zero-order valence-corrected chi connectivity index (χ0v) is 25.9. The van der Waals surface area contributed by atoms with E-state index < -0.39 is 5.82 Å². The van der Waals surface area contributed by atoms with E-state index in [4.69, 9.17) is 0 Å². The number of hydrogen-bond donors (Lipinski definition) is 2. The van der Waals surface area contributed by atoms with Crippen molar-refractivity contribution in [1.82, 2.24) is 15.6 Å². The van der Waals surface area contributed by atoms with Crippen molar-refractivity contribution in [3.05, 3.63) is 47.6 Å². The van der Waals surface area contributed by atoms with Gasteiger partial charge in [0.2, 0.25) is 11.8 Å². The summed E-state index contributed by atoms with van der Waals surface area (Å²) in [6.07, 6.45) is 15.3. The fourth-order valence-electron chi connectivity index (χ4n) is 4.88. The van der Waals surface area contributed by atoms with Gasteiger partial charge in [0.1, 0.15) is 11.6 Å². The molecule has 1 aromatic rings. The van der Waals surface area contributed by atoms with Crippen LogP contribution < -0.4 is 15.5 Å². The van der Waals surface area contributed by atoms with Crippen LogP contribution >= 0.6 is 11.8 Å². The number of aliphatic imine (C=N–C) groups is 1. The van der Waals surface area contributed by atoms with E-state index in [0.717, 1.165) is 61.1 Å². The maximum Gasteiger partial charge on any atom is 0.225 e. The largest absolute Gasteiger partial charge is 0.353 e. The smallest absolute Gasteiger partial charge is 0.225 e. The maximum absolute atomic E-state index is 13.3. The molecule has 0 aromatic carbocycles. The Bertz CT molecular complexity index is 1090. The van der Waals surface area contributed by atoms with Crippen molar-refractivity contribution in [3.63, 3.8) is 0 Å². The number of rotatable bonds is 10. The minimum atomic E-state index is -0.568. The molecule has 0 spiro atoms. The average Bonchev–Trinajstić information content (AvgIpc) is 2.94. The molecular weight excluding hydrogens is 541 g/mol. The lowest BCUT2D eigenvalue weighted by Crippen LogP contribution is -2.42. The molecule has 0 atom stereocenters. The van der Waals surface area contributed by atoms with Gasteiger partial charge in [0.05, 0.1) is 17.5 Å². The van der Waals surface area contributed by atoms with Gasteiger partial charge in [-0.2, -0.15) is 11.8 Å². The van der Waals surface area contributed by atoms with Crippen molar-refractivity contribution < 1.29 is 18.8 Å². The first kappa shape index (κ1) is 34.4. The highest BCUT2D eigenvalue weighted by Gasteiger charge is 2.28. The zero-order valence-electron chi connectivity index (χ0n) is 25.1. The first-order chi connectivity index (χ1) is 19.7. The highest BCUT2D eigenvalue weighted by atomic mass is 32.2. The summed E-state index contributed by atoms with van der Waals surface area (Å²) in [6.45, 7) is 7.72. The van der Waals surface area contributed by atoms with Gasteiger partial charge in [0, 0.05) is 38.2 Å². The van der Waals surface area contributed by atoms with Gasteiger partial charge in [-0.05, 0) is 89.0 Å². The Morgan fingerprint density at radius 2 is 1.83 bits per heavy atom. The summed E-state index contributed by atoms with van der Waals surface area (Å²) in [4.78, 5) is 45.5. The van der Waals surface area contributed by atoms with Crippen LogP contribution in [0.3, 0.4) is 0 Å². The van der Waals surface area contributed by atoms with Gasteiger partial charge in [-0.25, -0.2) is 9.37 Å². The summed E-state index contributed by atoms with van der Waals surface area (Å²) in [5.74, 6) is 2.12. The molecule has 226 valence electrons. The second kappa shape index (κ2) is 18.6. The molecule has 2 heterocycles. The Morgan fingerprint density at radius 3 is 2.41 bits per heavy atom. The van der Waals surface area contributed by atoms with Crippen molar-refractivity contribution in [3.8, 4) is 0 Å². The normalized spacial score (nSPS) is 20.0. The SMILES string of the molecule is CC(=O)c1cc(F)cnc1N(C(C)=O)C1CCSCC1.C\C=C/C=N\C(=C\CC(=O)NC1CCC(C)CC1)CNC. The van der Waals surface area contributed by atoms with Gasteiger partial charge < -0.3 is 10.6 Å². The number of thioether (sulfide) groups is 1. The number of amides is 2. The van der Waals surface area contributed by atoms with Crippen LogP contribution in [0.15, 0.2) is 41.2 Å². The Kier molecular flexibility index (Phi) is 15.5. The van der Waals surface area contributed by atoms with E-state index in [1.807, 2.05) is 44.0 Å². The second-order valence-electron chi connectivity index (χ2n) is 10.6. The monoisotopic (exact) mass is 587 g/mol. The molecule has 10 heteroatoms. The van der Waals surface area contributed by atoms with Crippen LogP contribution in [-0.2, 0) is 9.59 Å². The third-order valence-corrected chi connectivity index (χ3v) is 8.17. The van der Waals surface area contributed by atoms with Crippen LogP contribution in [-0.4, -0.2) is 66.0 Å². The van der Waals surface area contributed by atoms with Gasteiger partial charge in [-0.15, -0.1) is 0 Å². The van der Waals surface area contributed by atoms with Crippen molar-refractivity contribution >= 4 is 41.4 Å². The van der Waals surface area contributed by atoms with E-state index in [1.54, 1.807) is 11.1 Å². The van der Waals surface area contributed by atoms with Crippen LogP contribution in [0.2, 0.25) is 0 Å². The number of halogens is 1. The molecule has 1 aliphatic heterocycles. The molecule has 41 heavy (non-hydrogen) atoms. The van der Waals surface area contributed by atoms with Gasteiger partial charge >= 0.3 is 0 Å². The molecule has 0 unspecified atom stereocenters. The number of nitrogens with one attached hydrogen (secondary N) is 2. The van der Waals surface area contributed by atoms with Crippen molar-refractivity contribution in [2.75, 3.05) is 30.0 Å². The number of hydrogen-bond acceptors (Lipinski definition) is 7. The molecule has 2 amide bonds. The van der Waals surface area contributed by atoms with E-state index >= 15 is 0 Å². The first-order valence-electron chi connectivity index (χ1n) is 14.5. The van der Waals surface area contributed by atoms with Crippen LogP contribution in [0.5, 0.6) is 0 Å². The second-order valence-corrected chi connectivity index (χ2v) is 11.8.